The Morgan fingerprint density at radius 3 is 3.00 bits per heavy atom. The number of rotatable bonds is 2. The van der Waals surface area contributed by atoms with Crippen LogP contribution in [0.1, 0.15) is 31.5 Å². The summed E-state index contributed by atoms with van der Waals surface area (Å²) in [7, 11) is 0. The lowest BCUT2D eigenvalue weighted by Gasteiger charge is -2.31. The van der Waals surface area contributed by atoms with Gasteiger partial charge in [-0.3, -0.25) is 0 Å². The second-order valence-electron chi connectivity index (χ2n) is 5.13. The van der Waals surface area contributed by atoms with Crippen LogP contribution in [0.15, 0.2) is 11.7 Å². The Morgan fingerprint density at radius 2 is 2.30 bits per heavy atom. The molecular weight excluding hydrogens is 276 g/mol. The zero-order chi connectivity index (χ0) is 14.1. The standard InChI is InChI=1S/C12H18N6OS/c1-8(10-6-18-12(16-10)20-7-14-18)15-11(19)17-4-2-9(13)3-5-17/h6-9H,2-5,13H2,1H3,(H,15,19)/t8-/m1/s1. The van der Waals surface area contributed by atoms with E-state index in [2.05, 4.69) is 15.4 Å². The lowest BCUT2D eigenvalue weighted by atomic mass is 10.1. The number of fused-ring (bicyclic) bond motifs is 1. The Morgan fingerprint density at radius 1 is 1.55 bits per heavy atom. The van der Waals surface area contributed by atoms with Crippen molar-refractivity contribution in [1.29, 1.82) is 0 Å². The van der Waals surface area contributed by atoms with E-state index in [9.17, 15) is 4.79 Å². The summed E-state index contributed by atoms with van der Waals surface area (Å²) in [5, 5.41) is 7.11. The maximum atomic E-state index is 12.2. The molecule has 3 N–H and O–H groups in total. The maximum absolute atomic E-state index is 12.2. The molecule has 108 valence electrons. The quantitative estimate of drug-likeness (QED) is 0.864. The summed E-state index contributed by atoms with van der Waals surface area (Å²) in [6.45, 7) is 3.37. The number of carbonyl (C=O) groups is 1. The fourth-order valence-corrected chi connectivity index (χ4v) is 2.93. The van der Waals surface area contributed by atoms with Crippen LogP contribution in [0, 0.1) is 0 Å². The number of hydrogen-bond donors (Lipinski definition) is 2. The van der Waals surface area contributed by atoms with Gasteiger partial charge in [-0.1, -0.05) is 11.3 Å². The van der Waals surface area contributed by atoms with Crippen LogP contribution in [0.25, 0.3) is 4.96 Å². The van der Waals surface area contributed by atoms with Gasteiger partial charge in [-0.25, -0.2) is 14.3 Å². The second kappa shape index (κ2) is 5.37. The molecule has 1 aliphatic rings. The van der Waals surface area contributed by atoms with Gasteiger partial charge in [0.05, 0.1) is 17.9 Å². The molecule has 3 rings (SSSR count). The number of nitrogens with two attached hydrogens (primary N) is 1. The van der Waals surface area contributed by atoms with Crippen molar-refractivity contribution in [2.24, 2.45) is 5.73 Å². The van der Waals surface area contributed by atoms with Crippen molar-refractivity contribution in [3.8, 4) is 0 Å². The minimum Gasteiger partial charge on any atom is -0.330 e. The Balaban J connectivity index is 1.62. The largest absolute Gasteiger partial charge is 0.330 e. The first-order chi connectivity index (χ1) is 9.63. The van der Waals surface area contributed by atoms with Gasteiger partial charge in [0.25, 0.3) is 0 Å². The van der Waals surface area contributed by atoms with Crippen LogP contribution in [-0.2, 0) is 0 Å². The molecule has 2 amide bonds. The summed E-state index contributed by atoms with van der Waals surface area (Å²) in [4.78, 5) is 19.3. The molecule has 2 aromatic rings. The summed E-state index contributed by atoms with van der Waals surface area (Å²) >= 11 is 1.48. The number of urea groups is 1. The first-order valence-electron chi connectivity index (χ1n) is 6.73. The zero-order valence-electron chi connectivity index (χ0n) is 11.3. The highest BCUT2D eigenvalue weighted by Crippen LogP contribution is 2.16. The van der Waals surface area contributed by atoms with Gasteiger partial charge in [-0.2, -0.15) is 5.10 Å². The van der Waals surface area contributed by atoms with Crippen LogP contribution < -0.4 is 11.1 Å². The van der Waals surface area contributed by atoms with Crippen molar-refractivity contribution in [2.75, 3.05) is 13.1 Å². The molecule has 0 radical (unpaired) electrons. The minimum absolute atomic E-state index is 0.0475. The number of hydrogen-bond acceptors (Lipinski definition) is 5. The average Bonchev–Trinajstić information content (AvgIpc) is 2.99. The van der Waals surface area contributed by atoms with Crippen LogP contribution in [0.5, 0.6) is 0 Å². The van der Waals surface area contributed by atoms with Gasteiger partial charge in [0.1, 0.15) is 5.51 Å². The summed E-state index contributed by atoms with van der Waals surface area (Å²) < 4.78 is 1.72. The topological polar surface area (TPSA) is 88.5 Å². The minimum atomic E-state index is -0.132. The molecule has 8 heteroatoms. The summed E-state index contributed by atoms with van der Waals surface area (Å²) in [6.07, 6.45) is 3.58. The third kappa shape index (κ3) is 2.61. The van der Waals surface area contributed by atoms with Crippen molar-refractivity contribution in [1.82, 2.24) is 24.8 Å². The van der Waals surface area contributed by atoms with Crippen LogP contribution in [0.4, 0.5) is 4.79 Å². The van der Waals surface area contributed by atoms with E-state index in [1.54, 1.807) is 10.0 Å². The van der Waals surface area contributed by atoms with E-state index in [4.69, 9.17) is 5.73 Å². The van der Waals surface area contributed by atoms with E-state index in [0.717, 1.165) is 36.6 Å². The number of carbonyl (C=O) groups excluding carboxylic acids is 1. The van der Waals surface area contributed by atoms with Crippen molar-refractivity contribution in [3.05, 3.63) is 17.4 Å². The Hall–Kier alpha value is -1.67. The van der Waals surface area contributed by atoms with E-state index in [-0.39, 0.29) is 18.1 Å². The third-order valence-electron chi connectivity index (χ3n) is 3.62. The predicted octanol–water partition coefficient (Wildman–Crippen LogP) is 0.985. The monoisotopic (exact) mass is 294 g/mol. The first-order valence-corrected chi connectivity index (χ1v) is 7.61. The van der Waals surface area contributed by atoms with Gasteiger partial charge < -0.3 is 16.0 Å². The van der Waals surface area contributed by atoms with Gasteiger partial charge >= 0.3 is 6.03 Å². The Labute approximate surface area is 120 Å². The number of piperidine rings is 1. The predicted molar refractivity (Wildman–Crippen MR) is 76.6 cm³/mol. The molecule has 1 saturated heterocycles. The Bertz CT molecular complexity index is 571. The molecule has 0 aromatic carbocycles. The second-order valence-corrected chi connectivity index (χ2v) is 5.94. The fraction of sp³-hybridized carbons (Fsp3) is 0.583. The van der Waals surface area contributed by atoms with E-state index in [1.165, 1.54) is 11.3 Å². The smallest absolute Gasteiger partial charge is 0.317 e. The van der Waals surface area contributed by atoms with Gasteiger partial charge in [-0.15, -0.1) is 0 Å². The van der Waals surface area contributed by atoms with E-state index in [0.29, 0.717) is 0 Å². The van der Waals surface area contributed by atoms with Crippen molar-refractivity contribution in [2.45, 2.75) is 31.8 Å². The Kier molecular flexibility index (Phi) is 3.58. The number of nitrogens with one attached hydrogen (secondary N) is 1. The molecule has 7 nitrogen and oxygen atoms in total. The van der Waals surface area contributed by atoms with E-state index in [1.807, 2.05) is 18.0 Å². The molecular formula is C12H18N6OS. The van der Waals surface area contributed by atoms with Crippen molar-refractivity contribution < 1.29 is 4.79 Å². The summed E-state index contributed by atoms with van der Waals surface area (Å²) in [6, 6.07) is 0.0446. The fourth-order valence-electron chi connectivity index (χ4n) is 2.32. The van der Waals surface area contributed by atoms with Gasteiger partial charge in [-0.05, 0) is 19.8 Å². The van der Waals surface area contributed by atoms with Crippen LogP contribution >= 0.6 is 11.3 Å². The van der Waals surface area contributed by atoms with Gasteiger partial charge in [0, 0.05) is 19.1 Å². The lowest BCUT2D eigenvalue weighted by Crippen LogP contribution is -2.47. The van der Waals surface area contributed by atoms with Gasteiger partial charge in [0.15, 0.2) is 0 Å². The number of imidazole rings is 1. The van der Waals surface area contributed by atoms with Crippen LogP contribution in [-0.4, -0.2) is 44.7 Å². The first kappa shape index (κ1) is 13.3. The molecule has 20 heavy (non-hydrogen) atoms. The number of aromatic nitrogens is 3. The lowest BCUT2D eigenvalue weighted by molar-refractivity contribution is 0.178. The normalized spacial score (nSPS) is 18.4. The molecule has 3 heterocycles. The zero-order valence-corrected chi connectivity index (χ0v) is 12.1. The summed E-state index contributed by atoms with van der Waals surface area (Å²) in [5.41, 5.74) is 8.41. The molecule has 0 bridgehead atoms. The van der Waals surface area contributed by atoms with Crippen molar-refractivity contribution >= 4 is 22.3 Å². The van der Waals surface area contributed by atoms with Crippen LogP contribution in [0.2, 0.25) is 0 Å². The third-order valence-corrected chi connectivity index (χ3v) is 4.30. The van der Waals surface area contributed by atoms with Crippen molar-refractivity contribution in [3.63, 3.8) is 0 Å². The molecule has 1 atom stereocenters. The SMILES string of the molecule is C[C@@H](NC(=O)N1CCC(N)CC1)c1cn2ncsc2n1. The van der Waals surface area contributed by atoms with E-state index >= 15 is 0 Å². The van der Waals surface area contributed by atoms with Crippen LogP contribution in [0.3, 0.4) is 0 Å². The highest BCUT2D eigenvalue weighted by molar-refractivity contribution is 7.14. The number of nitrogens with zero attached hydrogens (tertiary/aromatic N) is 4. The van der Waals surface area contributed by atoms with Gasteiger partial charge in [0.2, 0.25) is 4.96 Å². The summed E-state index contributed by atoms with van der Waals surface area (Å²) in [5.74, 6) is 0. The number of amides is 2. The molecule has 0 saturated carbocycles. The molecule has 1 aliphatic heterocycles. The average molecular weight is 294 g/mol. The molecule has 0 unspecified atom stereocenters. The molecule has 0 aliphatic carbocycles. The molecule has 1 fully saturated rings. The number of likely N-dealkylation sites (tertiary alicyclic amines) is 1. The highest BCUT2D eigenvalue weighted by Gasteiger charge is 2.22. The maximum Gasteiger partial charge on any atom is 0.317 e. The molecule has 2 aromatic heterocycles. The molecule has 0 spiro atoms. The van der Waals surface area contributed by atoms with E-state index < -0.39 is 0 Å². The highest BCUT2D eigenvalue weighted by atomic mass is 32.1.